The van der Waals surface area contributed by atoms with Gasteiger partial charge in [0.1, 0.15) is 11.5 Å². The number of rotatable bonds is 0. The zero-order valence-corrected chi connectivity index (χ0v) is 24.9. The first-order chi connectivity index (χ1) is 19.2. The van der Waals surface area contributed by atoms with Gasteiger partial charge in [0.05, 0.1) is 12.2 Å². The number of aromatic hydroxyl groups is 2. The molecule has 0 radical (unpaired) electrons. The summed E-state index contributed by atoms with van der Waals surface area (Å²) in [6.07, 6.45) is 13.6. The van der Waals surface area contributed by atoms with E-state index >= 15 is 0 Å². The van der Waals surface area contributed by atoms with Crippen LogP contribution in [0.25, 0.3) is 0 Å². The summed E-state index contributed by atoms with van der Waals surface area (Å²) in [7, 11) is 0. The molecule has 0 aliphatic heterocycles. The molecule has 0 bridgehead atoms. The van der Waals surface area contributed by atoms with Crippen LogP contribution in [0.3, 0.4) is 0 Å². The maximum atomic E-state index is 10.4. The smallest absolute Gasteiger partial charge is 0.115 e. The molecule has 41 heavy (non-hydrogen) atoms. The Morgan fingerprint density at radius 1 is 0.585 bits per heavy atom. The van der Waals surface area contributed by atoms with Crippen LogP contribution in [-0.2, 0) is 12.8 Å². The number of fused-ring (bicyclic) bond motifs is 10. The van der Waals surface area contributed by atoms with E-state index < -0.39 is 0 Å². The molecule has 8 rings (SSSR count). The van der Waals surface area contributed by atoms with Crippen molar-refractivity contribution in [2.45, 2.75) is 115 Å². The molecule has 5 heteroatoms. The molecule has 10 atom stereocenters. The van der Waals surface area contributed by atoms with Crippen molar-refractivity contribution in [3.05, 3.63) is 58.7 Å². The molecule has 0 unspecified atom stereocenters. The van der Waals surface area contributed by atoms with Crippen molar-refractivity contribution in [1.29, 1.82) is 0 Å². The molecule has 6 N–H and O–H groups in total. The number of aliphatic hydroxyl groups excluding tert-OH is 2. The number of aryl methyl sites for hydroxylation is 2. The molecule has 2 aromatic carbocycles. The third-order valence-electron chi connectivity index (χ3n) is 13.3. The minimum Gasteiger partial charge on any atom is -0.508 e. The van der Waals surface area contributed by atoms with Crippen LogP contribution in [0, 0.1) is 34.5 Å². The van der Waals surface area contributed by atoms with E-state index in [4.69, 9.17) is 0 Å². The largest absolute Gasteiger partial charge is 0.508 e. The number of phenolic OH excluding ortho intramolecular Hbond substituents is 2. The molecule has 0 heterocycles. The van der Waals surface area contributed by atoms with E-state index in [9.17, 15) is 20.4 Å². The van der Waals surface area contributed by atoms with Gasteiger partial charge in [-0.15, -0.1) is 0 Å². The van der Waals surface area contributed by atoms with Crippen molar-refractivity contribution in [2.24, 2.45) is 34.5 Å². The average Bonchev–Trinajstić information content (AvgIpc) is 3.43. The maximum absolute atomic E-state index is 10.4. The van der Waals surface area contributed by atoms with Crippen molar-refractivity contribution in [3.8, 4) is 11.5 Å². The summed E-state index contributed by atoms with van der Waals surface area (Å²) in [5.74, 6) is 4.98. The Balaban J connectivity index is 0.000000144. The van der Waals surface area contributed by atoms with Crippen molar-refractivity contribution >= 4 is 0 Å². The van der Waals surface area contributed by atoms with Crippen molar-refractivity contribution in [2.75, 3.05) is 0 Å². The Morgan fingerprint density at radius 2 is 1.00 bits per heavy atom. The summed E-state index contributed by atoms with van der Waals surface area (Å²) >= 11 is 0. The summed E-state index contributed by atoms with van der Waals surface area (Å²) < 4.78 is 0. The van der Waals surface area contributed by atoms with Crippen LogP contribution in [0.4, 0.5) is 0 Å². The van der Waals surface area contributed by atoms with Gasteiger partial charge in [-0.05, 0) is 170 Å². The van der Waals surface area contributed by atoms with Crippen LogP contribution in [0.2, 0.25) is 0 Å². The third-order valence-corrected chi connectivity index (χ3v) is 13.3. The Hall–Kier alpha value is -2.08. The molecule has 4 saturated carbocycles. The highest BCUT2D eigenvalue weighted by Crippen LogP contribution is 2.62. The molecule has 4 fully saturated rings. The SMILES string of the molecule is C[C@@]12CC[C@H]3c4ccc(O)cc4CC[C@@H]3[C@H]1CC[C@H]2O.C[C@@]12CC[C@H]3c4ccc(O)cc4CC[C@@H]3[C@H]1CC[C@H]2O.O. The lowest BCUT2D eigenvalue weighted by molar-refractivity contribution is -0.0226. The minimum atomic E-state index is -0.0883. The highest BCUT2D eigenvalue weighted by Gasteiger charge is 2.55. The van der Waals surface area contributed by atoms with Gasteiger partial charge in [-0.3, -0.25) is 0 Å². The number of phenols is 2. The molecule has 0 saturated heterocycles. The van der Waals surface area contributed by atoms with Gasteiger partial charge >= 0.3 is 0 Å². The van der Waals surface area contributed by atoms with Crippen LogP contribution in [-0.4, -0.2) is 38.1 Å². The van der Waals surface area contributed by atoms with Crippen molar-refractivity contribution < 1.29 is 25.9 Å². The summed E-state index contributed by atoms with van der Waals surface area (Å²) in [5.41, 5.74) is 5.98. The first kappa shape index (κ1) is 29.0. The predicted molar refractivity (Wildman–Crippen MR) is 161 cm³/mol. The van der Waals surface area contributed by atoms with E-state index in [1.54, 1.807) is 0 Å². The third kappa shape index (κ3) is 4.53. The van der Waals surface area contributed by atoms with Crippen LogP contribution in [0.1, 0.15) is 112 Å². The molecule has 0 aromatic heterocycles. The topological polar surface area (TPSA) is 112 Å². The van der Waals surface area contributed by atoms with E-state index in [2.05, 4.69) is 26.0 Å². The van der Waals surface area contributed by atoms with Gasteiger partial charge in [0.2, 0.25) is 0 Å². The van der Waals surface area contributed by atoms with Gasteiger partial charge < -0.3 is 25.9 Å². The Bertz CT molecular complexity index is 1180. The van der Waals surface area contributed by atoms with E-state index in [0.717, 1.165) is 50.4 Å². The molecule has 0 spiro atoms. The molecule has 0 amide bonds. The van der Waals surface area contributed by atoms with Crippen molar-refractivity contribution in [1.82, 2.24) is 0 Å². The highest BCUT2D eigenvalue weighted by atomic mass is 16.3. The zero-order valence-electron chi connectivity index (χ0n) is 24.9. The van der Waals surface area contributed by atoms with Gasteiger partial charge in [-0.25, -0.2) is 0 Å². The Kier molecular flexibility index (Phi) is 7.48. The first-order valence-electron chi connectivity index (χ1n) is 16.2. The van der Waals surface area contributed by atoms with E-state index in [1.165, 1.54) is 60.8 Å². The zero-order chi connectivity index (χ0) is 27.8. The van der Waals surface area contributed by atoms with Gasteiger partial charge in [0, 0.05) is 0 Å². The molecule has 5 nitrogen and oxygen atoms in total. The fraction of sp³-hybridized carbons (Fsp3) is 0.667. The lowest BCUT2D eigenvalue weighted by Crippen LogP contribution is -2.43. The molecular formula is C36H50O5. The number of hydrogen-bond acceptors (Lipinski definition) is 4. The van der Waals surface area contributed by atoms with E-state index in [1.807, 2.05) is 24.3 Å². The molecule has 6 aliphatic carbocycles. The number of benzene rings is 2. The Morgan fingerprint density at radius 3 is 1.41 bits per heavy atom. The van der Waals surface area contributed by atoms with Gasteiger partial charge in [0.15, 0.2) is 0 Å². The maximum Gasteiger partial charge on any atom is 0.115 e. The van der Waals surface area contributed by atoms with Crippen LogP contribution in [0.5, 0.6) is 11.5 Å². The van der Waals surface area contributed by atoms with Gasteiger partial charge in [0.25, 0.3) is 0 Å². The molecule has 2 aromatic rings. The second-order valence-corrected chi connectivity index (χ2v) is 14.9. The van der Waals surface area contributed by atoms with Gasteiger partial charge in [-0.2, -0.15) is 0 Å². The fourth-order valence-electron chi connectivity index (χ4n) is 11.1. The minimum absolute atomic E-state index is 0. The summed E-state index contributed by atoms with van der Waals surface area (Å²) in [5, 5.41) is 40.1. The second-order valence-electron chi connectivity index (χ2n) is 14.9. The van der Waals surface area contributed by atoms with E-state index in [0.29, 0.717) is 35.2 Å². The summed E-state index contributed by atoms with van der Waals surface area (Å²) in [6.45, 7) is 4.63. The summed E-state index contributed by atoms with van der Waals surface area (Å²) in [4.78, 5) is 0. The predicted octanol–water partition coefficient (Wildman–Crippen LogP) is 6.39. The summed E-state index contributed by atoms with van der Waals surface area (Å²) in [6, 6.07) is 11.9. The lowest BCUT2D eigenvalue weighted by Gasteiger charge is -2.50. The van der Waals surface area contributed by atoms with Crippen LogP contribution in [0.15, 0.2) is 36.4 Å². The normalized spacial score (nSPS) is 41.7. The molecule has 224 valence electrons. The first-order valence-corrected chi connectivity index (χ1v) is 16.2. The lowest BCUT2D eigenvalue weighted by atomic mass is 9.55. The average molecular weight is 563 g/mol. The molecular weight excluding hydrogens is 512 g/mol. The number of hydrogen-bond donors (Lipinski definition) is 4. The fourth-order valence-corrected chi connectivity index (χ4v) is 11.1. The highest BCUT2D eigenvalue weighted by molar-refractivity contribution is 5.41. The van der Waals surface area contributed by atoms with Crippen LogP contribution >= 0.6 is 0 Å². The quantitative estimate of drug-likeness (QED) is 0.298. The van der Waals surface area contributed by atoms with Crippen molar-refractivity contribution in [3.63, 3.8) is 0 Å². The Labute approximate surface area is 245 Å². The second kappa shape index (κ2) is 10.6. The van der Waals surface area contributed by atoms with Crippen LogP contribution < -0.4 is 0 Å². The van der Waals surface area contributed by atoms with E-state index in [-0.39, 0.29) is 28.5 Å². The van der Waals surface area contributed by atoms with Gasteiger partial charge in [-0.1, -0.05) is 26.0 Å². The molecule has 6 aliphatic rings. The standard InChI is InChI=1S/2C18H24O2.H2O/c2*1-18-9-8-14-13-5-3-12(19)10-11(13)2-4-15(14)16(18)6-7-17(18)20;/h2*3,5,10,14-17,19-20H,2,4,6-9H2,1H3;1H2/t2*14-,15-,16+,17+,18+;/m00./s1. The monoisotopic (exact) mass is 562 g/mol. The number of aliphatic hydroxyl groups is 2.